The highest BCUT2D eigenvalue weighted by molar-refractivity contribution is 8.03. The first-order valence-corrected chi connectivity index (χ1v) is 6.04. The average molecular weight is 195 g/mol. The first kappa shape index (κ1) is 7.92. The minimum atomic E-state index is 0.288. The molecule has 1 unspecified atom stereocenters. The van der Waals surface area contributed by atoms with Gasteiger partial charge in [0.15, 0.2) is 0 Å². The Bertz CT molecular complexity index is 297. The number of rotatable bonds is 0. The molecular weight excluding hydrogens is 182 g/mol. The van der Waals surface area contributed by atoms with E-state index in [4.69, 9.17) is 0 Å². The number of carbonyl (C=O) groups is 1. The normalized spacial score (nSPS) is 32.5. The van der Waals surface area contributed by atoms with Crippen molar-refractivity contribution in [3.8, 4) is 0 Å². The predicted octanol–water partition coefficient (Wildman–Crippen LogP) is 1.98. The van der Waals surface area contributed by atoms with Gasteiger partial charge in [0.1, 0.15) is 0 Å². The molecule has 0 spiro atoms. The van der Waals surface area contributed by atoms with Crippen molar-refractivity contribution in [3.05, 3.63) is 10.6 Å². The molecule has 0 aromatic rings. The maximum Gasteiger partial charge on any atom is 0.234 e. The van der Waals surface area contributed by atoms with Crippen LogP contribution in [0.4, 0.5) is 0 Å². The second kappa shape index (κ2) is 2.77. The Kier molecular flexibility index (Phi) is 1.69. The van der Waals surface area contributed by atoms with Crippen LogP contribution in [0.2, 0.25) is 0 Å². The number of hydrogen-bond acceptors (Lipinski definition) is 2. The fourth-order valence-corrected chi connectivity index (χ4v) is 3.85. The monoisotopic (exact) mass is 195 g/mol. The van der Waals surface area contributed by atoms with Gasteiger partial charge in [0.05, 0.1) is 10.9 Å². The van der Waals surface area contributed by atoms with Crippen LogP contribution in [0.25, 0.3) is 0 Å². The van der Waals surface area contributed by atoms with Crippen molar-refractivity contribution in [2.75, 3.05) is 12.3 Å². The van der Waals surface area contributed by atoms with Gasteiger partial charge in [-0.3, -0.25) is 4.79 Å². The lowest BCUT2D eigenvalue weighted by molar-refractivity contribution is -0.130. The van der Waals surface area contributed by atoms with Crippen LogP contribution in [-0.4, -0.2) is 23.1 Å². The van der Waals surface area contributed by atoms with Crippen LogP contribution in [0.1, 0.15) is 25.7 Å². The van der Waals surface area contributed by atoms with Crippen LogP contribution in [-0.2, 0) is 4.79 Å². The van der Waals surface area contributed by atoms with Gasteiger partial charge in [-0.15, -0.1) is 11.8 Å². The first-order valence-electron chi connectivity index (χ1n) is 5.05. The molecule has 13 heavy (non-hydrogen) atoms. The lowest BCUT2D eigenvalue weighted by Gasteiger charge is -2.18. The fourth-order valence-electron chi connectivity index (χ4n) is 2.62. The van der Waals surface area contributed by atoms with E-state index in [9.17, 15) is 4.79 Å². The highest BCUT2D eigenvalue weighted by Crippen LogP contribution is 2.46. The Morgan fingerprint density at radius 3 is 3.23 bits per heavy atom. The van der Waals surface area contributed by atoms with Crippen LogP contribution in [0, 0.1) is 5.92 Å². The maximum atomic E-state index is 11.9. The number of fused-ring (bicyclic) bond motifs is 2. The molecule has 70 valence electrons. The minimum Gasteiger partial charge on any atom is -0.305 e. The standard InChI is InChI=1S/C10H13NOS/c12-9-7-3-1-2-4-8(7)10-11(9)5-6-13-10/h7H,1-6H2. The summed E-state index contributed by atoms with van der Waals surface area (Å²) in [5, 5.41) is 1.33. The van der Waals surface area contributed by atoms with Gasteiger partial charge in [0.2, 0.25) is 5.91 Å². The third-order valence-corrected chi connectivity index (χ3v) is 4.39. The second-order valence-corrected chi connectivity index (χ2v) is 5.05. The number of hydrogen-bond donors (Lipinski definition) is 0. The van der Waals surface area contributed by atoms with Crippen LogP contribution < -0.4 is 0 Å². The van der Waals surface area contributed by atoms with Gasteiger partial charge in [-0.1, -0.05) is 6.42 Å². The van der Waals surface area contributed by atoms with Gasteiger partial charge >= 0.3 is 0 Å². The predicted molar refractivity (Wildman–Crippen MR) is 53.2 cm³/mol. The molecule has 2 fully saturated rings. The van der Waals surface area contributed by atoms with Crippen LogP contribution in [0.15, 0.2) is 10.6 Å². The summed E-state index contributed by atoms with van der Waals surface area (Å²) >= 11 is 1.89. The fraction of sp³-hybridized carbons (Fsp3) is 0.700. The SMILES string of the molecule is O=C1C2CCCCC2=C2SCCN12. The molecule has 3 rings (SSSR count). The molecule has 0 bridgehead atoms. The Labute approximate surface area is 82.4 Å². The Morgan fingerprint density at radius 2 is 2.31 bits per heavy atom. The third kappa shape index (κ3) is 0.997. The molecule has 1 aliphatic carbocycles. The van der Waals surface area contributed by atoms with Crippen LogP contribution in [0.3, 0.4) is 0 Å². The maximum absolute atomic E-state index is 11.9. The van der Waals surface area contributed by atoms with E-state index in [0.29, 0.717) is 5.91 Å². The summed E-state index contributed by atoms with van der Waals surface area (Å²) < 4.78 is 0. The molecule has 0 radical (unpaired) electrons. The molecule has 0 aromatic heterocycles. The number of carbonyl (C=O) groups excluding carboxylic acids is 1. The van der Waals surface area contributed by atoms with Crippen molar-refractivity contribution in [3.63, 3.8) is 0 Å². The van der Waals surface area contributed by atoms with Crippen molar-refractivity contribution < 1.29 is 4.79 Å². The first-order chi connectivity index (χ1) is 6.38. The lowest BCUT2D eigenvalue weighted by Crippen LogP contribution is -2.27. The summed E-state index contributed by atoms with van der Waals surface area (Å²) in [6.07, 6.45) is 4.81. The molecule has 1 saturated heterocycles. The van der Waals surface area contributed by atoms with Crippen LogP contribution in [0.5, 0.6) is 0 Å². The van der Waals surface area contributed by atoms with Gasteiger partial charge in [-0.2, -0.15) is 0 Å². The number of nitrogens with zero attached hydrogens (tertiary/aromatic N) is 1. The summed E-state index contributed by atoms with van der Waals surface area (Å²) in [6.45, 7) is 0.957. The van der Waals surface area contributed by atoms with E-state index in [1.807, 2.05) is 16.7 Å². The second-order valence-electron chi connectivity index (χ2n) is 3.97. The van der Waals surface area contributed by atoms with E-state index in [-0.39, 0.29) is 5.92 Å². The van der Waals surface area contributed by atoms with E-state index >= 15 is 0 Å². The average Bonchev–Trinajstić information content (AvgIpc) is 2.72. The van der Waals surface area contributed by atoms with Gasteiger partial charge < -0.3 is 4.90 Å². The molecule has 3 heteroatoms. The van der Waals surface area contributed by atoms with Gasteiger partial charge in [-0.05, 0) is 24.8 Å². The Balaban J connectivity index is 2.02. The highest BCUT2D eigenvalue weighted by Gasteiger charge is 2.42. The molecule has 0 aromatic carbocycles. The summed E-state index contributed by atoms with van der Waals surface area (Å²) in [6, 6.07) is 0. The van der Waals surface area contributed by atoms with E-state index in [2.05, 4.69) is 0 Å². The van der Waals surface area contributed by atoms with Crippen LogP contribution >= 0.6 is 11.8 Å². The minimum absolute atomic E-state index is 0.288. The molecule has 1 saturated carbocycles. The summed E-state index contributed by atoms with van der Waals surface area (Å²) in [7, 11) is 0. The topological polar surface area (TPSA) is 20.3 Å². The largest absolute Gasteiger partial charge is 0.305 e. The van der Waals surface area contributed by atoms with E-state index < -0.39 is 0 Å². The van der Waals surface area contributed by atoms with Crippen molar-refractivity contribution in [1.29, 1.82) is 0 Å². The number of thioether (sulfide) groups is 1. The molecule has 3 aliphatic rings. The molecule has 1 amide bonds. The van der Waals surface area contributed by atoms with Crippen molar-refractivity contribution >= 4 is 17.7 Å². The smallest absolute Gasteiger partial charge is 0.234 e. The summed E-state index contributed by atoms with van der Waals surface area (Å²) in [5.41, 5.74) is 1.47. The van der Waals surface area contributed by atoms with Gasteiger partial charge in [-0.25, -0.2) is 0 Å². The highest BCUT2D eigenvalue weighted by atomic mass is 32.2. The van der Waals surface area contributed by atoms with E-state index in [0.717, 1.165) is 18.7 Å². The molecule has 1 atom stereocenters. The molecule has 0 N–H and O–H groups in total. The zero-order chi connectivity index (χ0) is 8.84. The van der Waals surface area contributed by atoms with Crippen molar-refractivity contribution in [1.82, 2.24) is 4.90 Å². The molecule has 2 nitrogen and oxygen atoms in total. The van der Waals surface area contributed by atoms with Gasteiger partial charge in [0.25, 0.3) is 0 Å². The number of amides is 1. The molecule has 2 heterocycles. The summed E-state index contributed by atoms with van der Waals surface area (Å²) in [5.74, 6) is 1.79. The molecular formula is C10H13NOS. The van der Waals surface area contributed by atoms with E-state index in [1.165, 1.54) is 29.9 Å². The quantitative estimate of drug-likeness (QED) is 0.589. The van der Waals surface area contributed by atoms with Gasteiger partial charge in [0, 0.05) is 12.3 Å². The zero-order valence-electron chi connectivity index (χ0n) is 7.58. The Hall–Kier alpha value is -0.440. The van der Waals surface area contributed by atoms with Crippen molar-refractivity contribution in [2.45, 2.75) is 25.7 Å². The third-order valence-electron chi connectivity index (χ3n) is 3.25. The van der Waals surface area contributed by atoms with Crippen molar-refractivity contribution in [2.24, 2.45) is 5.92 Å². The van der Waals surface area contributed by atoms with E-state index in [1.54, 1.807) is 0 Å². The summed E-state index contributed by atoms with van der Waals surface area (Å²) in [4.78, 5) is 13.9. The Morgan fingerprint density at radius 1 is 1.38 bits per heavy atom. The molecule has 2 aliphatic heterocycles. The lowest BCUT2D eigenvalue weighted by atomic mass is 9.86. The zero-order valence-corrected chi connectivity index (χ0v) is 8.40.